The van der Waals surface area contributed by atoms with Gasteiger partial charge in [0.15, 0.2) is 0 Å². The van der Waals surface area contributed by atoms with Crippen molar-refractivity contribution in [1.82, 2.24) is 5.32 Å². The minimum absolute atomic E-state index is 0.204. The lowest BCUT2D eigenvalue weighted by atomic mass is 9.94. The maximum atomic E-state index is 11.8. The lowest BCUT2D eigenvalue weighted by molar-refractivity contribution is -0.119. The van der Waals surface area contributed by atoms with Crippen molar-refractivity contribution in [1.29, 1.82) is 0 Å². The molecule has 0 atom stereocenters. The van der Waals surface area contributed by atoms with Gasteiger partial charge in [-0.2, -0.15) is 0 Å². The first-order chi connectivity index (χ1) is 10.0. The first-order valence-electron chi connectivity index (χ1n) is 6.70. The Labute approximate surface area is 133 Å². The van der Waals surface area contributed by atoms with Crippen LogP contribution in [0.15, 0.2) is 24.3 Å². The third-order valence-electron chi connectivity index (χ3n) is 3.42. The summed E-state index contributed by atoms with van der Waals surface area (Å²) in [6.07, 6.45) is 3.96. The number of hydrogen-bond acceptors (Lipinski definition) is 3. The molecule has 1 saturated heterocycles. The molecule has 0 saturated carbocycles. The number of halogens is 2. The zero-order valence-electron chi connectivity index (χ0n) is 11.4. The monoisotopic (exact) mass is 329 g/mol. The Kier molecular flexibility index (Phi) is 5.65. The van der Waals surface area contributed by atoms with E-state index in [1.165, 1.54) is 6.08 Å². The van der Waals surface area contributed by atoms with Crippen molar-refractivity contribution in [3.8, 4) is 0 Å². The van der Waals surface area contributed by atoms with Crippen LogP contribution in [-0.2, 0) is 9.53 Å². The summed E-state index contributed by atoms with van der Waals surface area (Å²) in [5.41, 5.74) is -0.287. The number of amides is 1. The first kappa shape index (κ1) is 16.3. The number of ether oxygens (including phenoxy) is 1. The van der Waals surface area contributed by atoms with Gasteiger partial charge in [-0.15, -0.1) is 0 Å². The Morgan fingerprint density at radius 1 is 1.33 bits per heavy atom. The molecule has 21 heavy (non-hydrogen) atoms. The van der Waals surface area contributed by atoms with Crippen molar-refractivity contribution < 1.29 is 14.6 Å². The zero-order valence-corrected chi connectivity index (χ0v) is 13.0. The summed E-state index contributed by atoms with van der Waals surface area (Å²) in [4.78, 5) is 11.8. The quantitative estimate of drug-likeness (QED) is 0.835. The van der Waals surface area contributed by atoms with Gasteiger partial charge < -0.3 is 15.2 Å². The maximum absolute atomic E-state index is 11.8. The van der Waals surface area contributed by atoms with E-state index in [0.717, 1.165) is 0 Å². The molecule has 1 aromatic rings. The largest absolute Gasteiger partial charge is 0.388 e. The fraction of sp³-hybridized carbons (Fsp3) is 0.400. The molecule has 0 aliphatic carbocycles. The first-order valence-corrected chi connectivity index (χ1v) is 7.46. The highest BCUT2D eigenvalue weighted by Crippen LogP contribution is 2.25. The zero-order chi connectivity index (χ0) is 15.3. The Balaban J connectivity index is 1.91. The van der Waals surface area contributed by atoms with Gasteiger partial charge >= 0.3 is 0 Å². The minimum Gasteiger partial charge on any atom is -0.388 e. The molecular weight excluding hydrogens is 313 g/mol. The average molecular weight is 330 g/mol. The number of benzene rings is 1. The molecule has 1 aromatic carbocycles. The van der Waals surface area contributed by atoms with Crippen molar-refractivity contribution >= 4 is 35.2 Å². The number of carbonyl (C=O) groups is 1. The third kappa shape index (κ3) is 4.71. The van der Waals surface area contributed by atoms with Crippen LogP contribution in [0.1, 0.15) is 18.4 Å². The van der Waals surface area contributed by atoms with Crippen molar-refractivity contribution in [3.63, 3.8) is 0 Å². The van der Waals surface area contributed by atoms with Gasteiger partial charge in [0.1, 0.15) is 0 Å². The van der Waals surface area contributed by atoms with Crippen LogP contribution in [0.2, 0.25) is 10.0 Å². The van der Waals surface area contributed by atoms with Crippen LogP contribution in [0.4, 0.5) is 0 Å². The average Bonchev–Trinajstić information content (AvgIpc) is 2.45. The molecule has 4 nitrogen and oxygen atoms in total. The van der Waals surface area contributed by atoms with E-state index in [-0.39, 0.29) is 12.5 Å². The predicted molar refractivity (Wildman–Crippen MR) is 83.5 cm³/mol. The van der Waals surface area contributed by atoms with Crippen molar-refractivity contribution in [2.75, 3.05) is 19.8 Å². The van der Waals surface area contributed by atoms with Crippen LogP contribution in [0, 0.1) is 0 Å². The number of hydrogen-bond donors (Lipinski definition) is 2. The van der Waals surface area contributed by atoms with E-state index in [1.54, 1.807) is 24.3 Å². The van der Waals surface area contributed by atoms with Gasteiger partial charge in [0.05, 0.1) is 5.60 Å². The molecule has 0 unspecified atom stereocenters. The van der Waals surface area contributed by atoms with E-state index < -0.39 is 5.60 Å². The SMILES string of the molecule is O=C(C=Cc1c(Cl)cccc1Cl)NCC1(O)CCOCC1. The molecule has 1 amide bonds. The van der Waals surface area contributed by atoms with Crippen LogP contribution < -0.4 is 5.32 Å². The molecule has 1 fully saturated rings. The molecule has 0 aromatic heterocycles. The van der Waals surface area contributed by atoms with E-state index in [9.17, 15) is 9.90 Å². The van der Waals surface area contributed by atoms with Crippen LogP contribution >= 0.6 is 23.2 Å². The molecule has 114 valence electrons. The fourth-order valence-electron chi connectivity index (χ4n) is 2.07. The van der Waals surface area contributed by atoms with Crippen LogP contribution in [-0.4, -0.2) is 36.4 Å². The van der Waals surface area contributed by atoms with E-state index >= 15 is 0 Å². The molecule has 6 heteroatoms. The van der Waals surface area contributed by atoms with Crippen LogP contribution in [0.25, 0.3) is 6.08 Å². The molecule has 0 radical (unpaired) electrons. The van der Waals surface area contributed by atoms with Gasteiger partial charge in [-0.3, -0.25) is 4.79 Å². The second kappa shape index (κ2) is 7.27. The van der Waals surface area contributed by atoms with Crippen molar-refractivity contribution in [2.45, 2.75) is 18.4 Å². The van der Waals surface area contributed by atoms with Gasteiger partial charge in [0.25, 0.3) is 0 Å². The standard InChI is InChI=1S/C15H17Cl2NO3/c16-12-2-1-3-13(17)11(12)4-5-14(19)18-10-15(20)6-8-21-9-7-15/h1-5,20H,6-10H2,(H,18,19). The molecule has 0 spiro atoms. The second-order valence-electron chi connectivity index (χ2n) is 5.02. The summed E-state index contributed by atoms with van der Waals surface area (Å²) in [6.45, 7) is 1.23. The number of nitrogens with one attached hydrogen (secondary N) is 1. The molecular formula is C15H17Cl2NO3. The summed E-state index contributed by atoms with van der Waals surface area (Å²) < 4.78 is 5.19. The van der Waals surface area contributed by atoms with Gasteiger partial charge in [-0.1, -0.05) is 29.3 Å². The van der Waals surface area contributed by atoms with Crippen LogP contribution in [0.5, 0.6) is 0 Å². The minimum atomic E-state index is -0.885. The summed E-state index contributed by atoms with van der Waals surface area (Å²) in [7, 11) is 0. The number of aliphatic hydroxyl groups is 1. The lowest BCUT2D eigenvalue weighted by Crippen LogP contribution is -2.46. The normalized spacial score (nSPS) is 17.9. The Bertz CT molecular complexity index is 519. The summed E-state index contributed by atoms with van der Waals surface area (Å²) >= 11 is 12.0. The van der Waals surface area contributed by atoms with Gasteiger partial charge in [0.2, 0.25) is 5.91 Å². The Hall–Kier alpha value is -1.07. The van der Waals surface area contributed by atoms with E-state index in [4.69, 9.17) is 27.9 Å². The molecule has 0 bridgehead atoms. The highest BCUT2D eigenvalue weighted by atomic mass is 35.5. The van der Waals surface area contributed by atoms with E-state index in [2.05, 4.69) is 5.32 Å². The van der Waals surface area contributed by atoms with Gasteiger partial charge in [0, 0.05) is 54.3 Å². The second-order valence-corrected chi connectivity index (χ2v) is 5.84. The summed E-state index contributed by atoms with van der Waals surface area (Å²) in [5, 5.41) is 13.9. The van der Waals surface area contributed by atoms with Crippen molar-refractivity contribution in [3.05, 3.63) is 39.9 Å². The lowest BCUT2D eigenvalue weighted by Gasteiger charge is -2.31. The fourth-order valence-corrected chi connectivity index (χ4v) is 2.59. The Morgan fingerprint density at radius 3 is 2.57 bits per heavy atom. The van der Waals surface area contributed by atoms with Gasteiger partial charge in [-0.25, -0.2) is 0 Å². The number of carbonyl (C=O) groups excluding carboxylic acids is 1. The topological polar surface area (TPSA) is 58.6 Å². The smallest absolute Gasteiger partial charge is 0.244 e. The highest BCUT2D eigenvalue weighted by molar-refractivity contribution is 6.37. The molecule has 1 aliphatic rings. The summed E-state index contributed by atoms with van der Waals surface area (Å²) in [6, 6.07) is 5.15. The predicted octanol–water partition coefficient (Wildman–Crippen LogP) is 2.66. The van der Waals surface area contributed by atoms with E-state index in [1.807, 2.05) is 0 Å². The van der Waals surface area contributed by atoms with Gasteiger partial charge in [-0.05, 0) is 18.2 Å². The Morgan fingerprint density at radius 2 is 1.95 bits per heavy atom. The van der Waals surface area contributed by atoms with E-state index in [0.29, 0.717) is 41.7 Å². The maximum Gasteiger partial charge on any atom is 0.244 e. The third-order valence-corrected chi connectivity index (χ3v) is 4.08. The molecule has 2 N–H and O–H groups in total. The summed E-state index contributed by atoms with van der Waals surface area (Å²) in [5.74, 6) is -0.300. The van der Waals surface area contributed by atoms with Crippen LogP contribution in [0.3, 0.4) is 0 Å². The number of rotatable bonds is 4. The molecule has 2 rings (SSSR count). The molecule has 1 aliphatic heterocycles. The molecule has 1 heterocycles. The highest BCUT2D eigenvalue weighted by Gasteiger charge is 2.29. The van der Waals surface area contributed by atoms with Crippen molar-refractivity contribution in [2.24, 2.45) is 0 Å².